The predicted molar refractivity (Wildman–Crippen MR) is 172 cm³/mol. The van der Waals surface area contributed by atoms with E-state index >= 15 is 0 Å². The van der Waals surface area contributed by atoms with Gasteiger partial charge in [-0.15, -0.1) is 0 Å². The minimum Gasteiger partial charge on any atom is -0.367 e. The molecule has 0 spiro atoms. The number of nitrogens with zero attached hydrogens (tertiary/aromatic N) is 3. The Hall–Kier alpha value is -5.58. The highest BCUT2D eigenvalue weighted by molar-refractivity contribution is 6.40. The lowest BCUT2D eigenvalue weighted by Gasteiger charge is -2.36. The second-order valence-electron chi connectivity index (χ2n) is 11.6. The lowest BCUT2D eigenvalue weighted by molar-refractivity contribution is -0.144. The van der Waals surface area contributed by atoms with E-state index in [-0.39, 0.29) is 30.8 Å². The Kier molecular flexibility index (Phi) is 9.20. The van der Waals surface area contributed by atoms with Crippen molar-refractivity contribution >= 4 is 33.9 Å². The van der Waals surface area contributed by atoms with Gasteiger partial charge >= 0.3 is 0 Å². The summed E-state index contributed by atoms with van der Waals surface area (Å²) in [5.41, 5.74) is -0.933. The summed E-state index contributed by atoms with van der Waals surface area (Å²) in [7, 11) is 0. The normalized spacial score (nSPS) is 13.2. The zero-order chi connectivity index (χ0) is 33.9. The van der Waals surface area contributed by atoms with Gasteiger partial charge in [-0.3, -0.25) is 19.2 Å². The van der Waals surface area contributed by atoms with Crippen LogP contribution in [0.5, 0.6) is 0 Å². The van der Waals surface area contributed by atoms with Crippen LogP contribution in [0.4, 0.5) is 23.2 Å². The average Bonchev–Trinajstić information content (AvgIpc) is 3.10. The summed E-state index contributed by atoms with van der Waals surface area (Å²) in [5.74, 6) is -7.28. The number of carbonyl (C=O) groups is 3. The van der Waals surface area contributed by atoms with Crippen molar-refractivity contribution in [3.8, 4) is 0 Å². The number of pyridine rings is 1. The molecule has 0 atom stereocenters. The van der Waals surface area contributed by atoms with E-state index in [0.717, 1.165) is 33.2 Å². The Balaban J connectivity index is 1.21. The molecule has 0 unspecified atom stereocenters. The Morgan fingerprint density at radius 3 is 2.19 bits per heavy atom. The topological polar surface area (TPSA) is 79.7 Å². The molecular weight excluding hydrogens is 626 g/mol. The Morgan fingerprint density at radius 2 is 1.42 bits per heavy atom. The number of fused-ring (bicyclic) bond motifs is 1. The van der Waals surface area contributed by atoms with Gasteiger partial charge < -0.3 is 14.4 Å². The molecule has 0 saturated carbocycles. The van der Waals surface area contributed by atoms with E-state index in [1.807, 2.05) is 42.5 Å². The number of hydrogen-bond donors (Lipinski definition) is 0. The van der Waals surface area contributed by atoms with Gasteiger partial charge in [0.15, 0.2) is 17.4 Å². The third-order valence-corrected chi connectivity index (χ3v) is 8.50. The Morgan fingerprint density at radius 1 is 0.729 bits per heavy atom. The van der Waals surface area contributed by atoms with Crippen LogP contribution in [0.1, 0.15) is 33.5 Å². The molecule has 0 bridgehead atoms. The smallest absolute Gasteiger partial charge is 0.290 e. The number of rotatable bonds is 9. The number of piperazine rings is 1. The summed E-state index contributed by atoms with van der Waals surface area (Å²) in [6.07, 6.45) is -0.289. The van der Waals surface area contributed by atoms with Crippen LogP contribution in [0.2, 0.25) is 0 Å². The van der Waals surface area contributed by atoms with E-state index in [4.69, 9.17) is 0 Å². The third-order valence-electron chi connectivity index (χ3n) is 8.50. The van der Waals surface area contributed by atoms with Crippen LogP contribution >= 0.6 is 0 Å². The van der Waals surface area contributed by atoms with E-state index < -0.39 is 70.3 Å². The van der Waals surface area contributed by atoms with Crippen molar-refractivity contribution in [2.24, 2.45) is 0 Å². The molecule has 1 amide bonds. The van der Waals surface area contributed by atoms with Crippen molar-refractivity contribution < 1.29 is 31.9 Å². The van der Waals surface area contributed by atoms with Crippen LogP contribution in [-0.2, 0) is 22.6 Å². The molecule has 0 N–H and O–H groups in total. The monoisotopic (exact) mass is 655 g/mol. The van der Waals surface area contributed by atoms with Gasteiger partial charge in [-0.25, -0.2) is 17.6 Å². The molecule has 0 radical (unpaired) electrons. The summed E-state index contributed by atoms with van der Waals surface area (Å²) in [6.45, 7) is 1.03. The second-order valence-corrected chi connectivity index (χ2v) is 11.6. The first-order valence-corrected chi connectivity index (χ1v) is 15.3. The van der Waals surface area contributed by atoms with Crippen LogP contribution in [0.15, 0.2) is 95.9 Å². The number of ketones is 2. The van der Waals surface area contributed by atoms with Crippen molar-refractivity contribution in [1.29, 1.82) is 0 Å². The minimum absolute atomic E-state index is 0.0287. The molecule has 4 aromatic carbocycles. The van der Waals surface area contributed by atoms with E-state index in [1.54, 1.807) is 6.07 Å². The lowest BCUT2D eigenvalue weighted by atomic mass is 10.00. The molecule has 11 heteroatoms. The van der Waals surface area contributed by atoms with Crippen LogP contribution in [0.3, 0.4) is 0 Å². The first-order chi connectivity index (χ1) is 23.1. The van der Waals surface area contributed by atoms with Crippen molar-refractivity contribution in [3.05, 3.63) is 147 Å². The largest absolute Gasteiger partial charge is 0.367 e. The van der Waals surface area contributed by atoms with E-state index in [9.17, 15) is 36.7 Å². The van der Waals surface area contributed by atoms with Crippen molar-refractivity contribution in [2.75, 3.05) is 31.1 Å². The summed E-state index contributed by atoms with van der Waals surface area (Å²) >= 11 is 0. The number of anilines is 1. The minimum atomic E-state index is -1.43. The molecule has 1 saturated heterocycles. The SMILES string of the molecule is O=C(CC(=O)c1cc(Cc2c(F)ccc(F)c2F)cn(Cc2ccccc2F)c1=O)C(=O)N1CCN(c2cccc3ccccc23)CC1. The maximum atomic E-state index is 14.5. The van der Waals surface area contributed by atoms with Gasteiger partial charge in [-0.1, -0.05) is 54.6 Å². The summed E-state index contributed by atoms with van der Waals surface area (Å²) in [6, 6.07) is 21.9. The Bertz CT molecular complexity index is 2120. The number of aromatic nitrogens is 1. The van der Waals surface area contributed by atoms with Crippen molar-refractivity contribution in [2.45, 2.75) is 19.4 Å². The van der Waals surface area contributed by atoms with E-state index in [0.29, 0.717) is 19.2 Å². The predicted octanol–water partition coefficient (Wildman–Crippen LogP) is 5.69. The van der Waals surface area contributed by atoms with Gasteiger partial charge in [0.05, 0.1) is 18.5 Å². The second kappa shape index (κ2) is 13.6. The van der Waals surface area contributed by atoms with Gasteiger partial charge in [-0.2, -0.15) is 0 Å². The molecule has 1 aromatic heterocycles. The zero-order valence-corrected chi connectivity index (χ0v) is 25.6. The number of hydrogen-bond acceptors (Lipinski definition) is 5. The summed E-state index contributed by atoms with van der Waals surface area (Å²) in [5, 5.41) is 2.14. The molecule has 5 aromatic rings. The van der Waals surface area contributed by atoms with Crippen molar-refractivity contribution in [3.63, 3.8) is 0 Å². The highest BCUT2D eigenvalue weighted by Crippen LogP contribution is 2.28. The molecule has 48 heavy (non-hydrogen) atoms. The number of carbonyl (C=O) groups excluding carboxylic acids is 3. The third kappa shape index (κ3) is 6.62. The van der Waals surface area contributed by atoms with Crippen LogP contribution in [0.25, 0.3) is 10.8 Å². The van der Waals surface area contributed by atoms with Gasteiger partial charge in [0.1, 0.15) is 11.6 Å². The number of halogens is 4. The number of amides is 1. The number of benzene rings is 4. The van der Waals surface area contributed by atoms with Crippen LogP contribution in [0, 0.1) is 23.3 Å². The quantitative estimate of drug-likeness (QED) is 0.0671. The number of Topliss-reactive ketones (excluding diaryl/α,β-unsaturated/α-hetero) is 2. The first kappa shape index (κ1) is 32.4. The fourth-order valence-corrected chi connectivity index (χ4v) is 5.98. The van der Waals surface area contributed by atoms with Crippen LogP contribution in [-0.4, -0.2) is 53.1 Å². The lowest BCUT2D eigenvalue weighted by Crippen LogP contribution is -2.51. The van der Waals surface area contributed by atoms with Crippen LogP contribution < -0.4 is 10.5 Å². The summed E-state index contributed by atoms with van der Waals surface area (Å²) in [4.78, 5) is 56.5. The standard InChI is InChI=1S/C37H29F4N3O4/c38-29-10-4-2-7-25(29)22-44-21-23(18-27-30(39)12-13-31(40)35(27)41)19-28(36(44)47)33(45)20-34(46)37(48)43-16-14-42(15-17-43)32-11-5-8-24-6-1-3-9-26(24)32/h1-13,19,21H,14-18,20,22H2. The molecule has 6 rings (SSSR count). The maximum Gasteiger partial charge on any atom is 0.290 e. The van der Waals surface area contributed by atoms with E-state index in [2.05, 4.69) is 4.90 Å². The zero-order valence-electron chi connectivity index (χ0n) is 25.6. The van der Waals surface area contributed by atoms with Gasteiger partial charge in [0.2, 0.25) is 5.78 Å². The van der Waals surface area contributed by atoms with Crippen molar-refractivity contribution in [1.82, 2.24) is 9.47 Å². The molecule has 244 valence electrons. The highest BCUT2D eigenvalue weighted by atomic mass is 19.2. The molecule has 7 nitrogen and oxygen atoms in total. The molecule has 2 heterocycles. The van der Waals surface area contributed by atoms with Gasteiger partial charge in [0, 0.05) is 61.0 Å². The fourth-order valence-electron chi connectivity index (χ4n) is 5.98. The molecule has 1 aliphatic rings. The van der Waals surface area contributed by atoms with Gasteiger partial charge in [-0.05, 0) is 41.3 Å². The first-order valence-electron chi connectivity index (χ1n) is 15.3. The van der Waals surface area contributed by atoms with Gasteiger partial charge in [0.25, 0.3) is 11.5 Å². The molecule has 0 aliphatic carbocycles. The average molecular weight is 656 g/mol. The molecular formula is C37H29F4N3O4. The fraction of sp³-hybridized carbons (Fsp3) is 0.189. The molecule has 1 fully saturated rings. The Labute approximate surface area is 272 Å². The maximum absolute atomic E-state index is 14.5. The van der Waals surface area contributed by atoms with E-state index in [1.165, 1.54) is 29.3 Å². The summed E-state index contributed by atoms with van der Waals surface area (Å²) < 4.78 is 58.4. The molecule has 1 aliphatic heterocycles. The highest BCUT2D eigenvalue weighted by Gasteiger charge is 2.29.